The van der Waals surface area contributed by atoms with Crippen LogP contribution in [0.2, 0.25) is 0 Å². The number of allylic oxidation sites excluding steroid dienone is 2. The van der Waals surface area contributed by atoms with E-state index in [2.05, 4.69) is 0 Å². The van der Waals surface area contributed by atoms with E-state index < -0.39 is 21.5 Å². The summed E-state index contributed by atoms with van der Waals surface area (Å²) < 4.78 is 16.3. The zero-order chi connectivity index (χ0) is 15.3. The first-order chi connectivity index (χ1) is 9.31. The van der Waals surface area contributed by atoms with Crippen LogP contribution in [0.4, 0.5) is 0 Å². The lowest BCUT2D eigenvalue weighted by atomic mass is 10.1. The number of methoxy groups -OCH3 is 1. The molecule has 4 nitrogen and oxygen atoms in total. The SMILES string of the molecule is COc1ccc(S(=O)C(C)(CC=C(C)C)C(=O)O)cc1. The van der Waals surface area contributed by atoms with Crippen LogP contribution >= 0.6 is 0 Å². The van der Waals surface area contributed by atoms with Crippen LogP contribution in [0.15, 0.2) is 40.8 Å². The maximum absolute atomic E-state index is 12.6. The monoisotopic (exact) mass is 296 g/mol. The zero-order valence-corrected chi connectivity index (χ0v) is 13.0. The van der Waals surface area contributed by atoms with Crippen molar-refractivity contribution in [2.45, 2.75) is 36.8 Å². The number of carbonyl (C=O) groups is 1. The minimum absolute atomic E-state index is 0.226. The van der Waals surface area contributed by atoms with Gasteiger partial charge in [-0.3, -0.25) is 9.00 Å². The van der Waals surface area contributed by atoms with Crippen LogP contribution in [0.25, 0.3) is 0 Å². The van der Waals surface area contributed by atoms with E-state index in [1.54, 1.807) is 37.5 Å². The fourth-order valence-electron chi connectivity index (χ4n) is 1.60. The highest BCUT2D eigenvalue weighted by Gasteiger charge is 2.39. The van der Waals surface area contributed by atoms with Crippen LogP contribution in [0.3, 0.4) is 0 Å². The van der Waals surface area contributed by atoms with Crippen LogP contribution in [-0.4, -0.2) is 27.1 Å². The van der Waals surface area contributed by atoms with Crippen molar-refractivity contribution in [1.29, 1.82) is 0 Å². The van der Waals surface area contributed by atoms with Gasteiger partial charge in [-0.1, -0.05) is 11.6 Å². The summed E-state index contributed by atoms with van der Waals surface area (Å²) in [4.78, 5) is 12.0. The summed E-state index contributed by atoms with van der Waals surface area (Å²) in [5.41, 5.74) is 1.00. The van der Waals surface area contributed by atoms with E-state index in [-0.39, 0.29) is 6.42 Å². The molecule has 0 amide bonds. The largest absolute Gasteiger partial charge is 0.497 e. The Morgan fingerprint density at radius 2 is 1.90 bits per heavy atom. The van der Waals surface area contributed by atoms with Gasteiger partial charge >= 0.3 is 5.97 Å². The number of rotatable bonds is 6. The molecule has 0 saturated carbocycles. The molecule has 0 heterocycles. The topological polar surface area (TPSA) is 63.6 Å². The molecule has 0 aliphatic heterocycles. The second-order valence-corrected chi connectivity index (χ2v) is 6.88. The molecule has 0 spiro atoms. The van der Waals surface area contributed by atoms with E-state index in [0.29, 0.717) is 10.6 Å². The summed E-state index contributed by atoms with van der Waals surface area (Å²) in [6.07, 6.45) is 2.03. The lowest BCUT2D eigenvalue weighted by molar-refractivity contribution is -0.139. The van der Waals surface area contributed by atoms with Crippen molar-refractivity contribution >= 4 is 16.8 Å². The van der Waals surface area contributed by atoms with Crippen LogP contribution in [0, 0.1) is 0 Å². The van der Waals surface area contributed by atoms with Gasteiger partial charge in [0.15, 0.2) is 0 Å². The van der Waals surface area contributed by atoms with Gasteiger partial charge in [0.1, 0.15) is 10.5 Å². The second kappa shape index (κ2) is 6.70. The summed E-state index contributed by atoms with van der Waals surface area (Å²) in [6.45, 7) is 5.28. The highest BCUT2D eigenvalue weighted by Crippen LogP contribution is 2.27. The predicted molar refractivity (Wildman–Crippen MR) is 79.5 cm³/mol. The lowest BCUT2D eigenvalue weighted by Gasteiger charge is -2.23. The molecule has 20 heavy (non-hydrogen) atoms. The number of benzene rings is 1. The van der Waals surface area contributed by atoms with E-state index in [0.717, 1.165) is 5.57 Å². The first kappa shape index (κ1) is 16.4. The predicted octanol–water partition coefficient (Wildman–Crippen LogP) is 3.00. The minimum Gasteiger partial charge on any atom is -0.497 e. The summed E-state index contributed by atoms with van der Waals surface area (Å²) in [6, 6.07) is 6.63. The molecule has 0 aromatic heterocycles. The number of ether oxygens (including phenoxy) is 1. The van der Waals surface area contributed by atoms with Gasteiger partial charge in [-0.25, -0.2) is 0 Å². The van der Waals surface area contributed by atoms with Crippen LogP contribution in [0.1, 0.15) is 27.2 Å². The molecule has 0 bridgehead atoms. The molecular formula is C15H20O4S. The number of carboxylic acids is 1. The second-order valence-electron chi connectivity index (χ2n) is 4.97. The first-order valence-corrected chi connectivity index (χ1v) is 7.39. The smallest absolute Gasteiger partial charge is 0.322 e. The number of hydrogen-bond acceptors (Lipinski definition) is 3. The van der Waals surface area contributed by atoms with Crippen molar-refractivity contribution in [3.63, 3.8) is 0 Å². The molecule has 0 radical (unpaired) electrons. The summed E-state index contributed by atoms with van der Waals surface area (Å²) in [7, 11) is -0.0994. The van der Waals surface area contributed by atoms with Gasteiger partial charge in [0.05, 0.1) is 17.9 Å². The molecule has 2 unspecified atom stereocenters. The van der Waals surface area contributed by atoms with E-state index in [4.69, 9.17) is 4.74 Å². The minimum atomic E-state index is -1.64. The van der Waals surface area contributed by atoms with Crippen LogP contribution in [-0.2, 0) is 15.6 Å². The highest BCUT2D eigenvalue weighted by molar-refractivity contribution is 7.87. The Morgan fingerprint density at radius 1 is 1.35 bits per heavy atom. The maximum atomic E-state index is 12.6. The normalized spacial score (nSPS) is 15.0. The highest BCUT2D eigenvalue weighted by atomic mass is 32.2. The molecule has 110 valence electrons. The van der Waals surface area contributed by atoms with Crippen molar-refractivity contribution in [2.24, 2.45) is 0 Å². The third kappa shape index (κ3) is 3.70. The Labute approximate surface area is 121 Å². The fraction of sp³-hybridized carbons (Fsp3) is 0.400. The van der Waals surface area contributed by atoms with Crippen molar-refractivity contribution in [3.05, 3.63) is 35.9 Å². The van der Waals surface area contributed by atoms with Crippen molar-refractivity contribution < 1.29 is 18.8 Å². The molecule has 1 rings (SSSR count). The molecule has 0 fully saturated rings. The summed E-state index contributed by atoms with van der Waals surface area (Å²) >= 11 is 0. The fourth-order valence-corrected chi connectivity index (χ4v) is 2.90. The maximum Gasteiger partial charge on any atom is 0.322 e. The van der Waals surface area contributed by atoms with Crippen LogP contribution < -0.4 is 4.74 Å². The first-order valence-electron chi connectivity index (χ1n) is 6.24. The van der Waals surface area contributed by atoms with Gasteiger partial charge in [-0.2, -0.15) is 0 Å². The van der Waals surface area contributed by atoms with Gasteiger partial charge in [0, 0.05) is 4.90 Å². The van der Waals surface area contributed by atoms with E-state index in [1.165, 1.54) is 6.92 Å². The molecule has 0 aliphatic rings. The van der Waals surface area contributed by atoms with Crippen molar-refractivity contribution in [2.75, 3.05) is 7.11 Å². The van der Waals surface area contributed by atoms with Gasteiger partial charge in [0.25, 0.3) is 0 Å². The standard InChI is InChI=1S/C15H20O4S/c1-11(2)9-10-15(3,14(16)17)20(18)13-7-5-12(19-4)6-8-13/h5-9H,10H2,1-4H3,(H,16,17). The Hall–Kier alpha value is -1.62. The van der Waals surface area contributed by atoms with Gasteiger partial charge in [0.2, 0.25) is 0 Å². The van der Waals surface area contributed by atoms with E-state index >= 15 is 0 Å². The average Bonchev–Trinajstić information content (AvgIpc) is 2.43. The lowest BCUT2D eigenvalue weighted by Crippen LogP contribution is -2.39. The van der Waals surface area contributed by atoms with Gasteiger partial charge < -0.3 is 9.84 Å². The van der Waals surface area contributed by atoms with E-state index in [9.17, 15) is 14.1 Å². The molecule has 1 N–H and O–H groups in total. The van der Waals surface area contributed by atoms with E-state index in [1.807, 2.05) is 13.8 Å². The number of aliphatic carboxylic acids is 1. The van der Waals surface area contributed by atoms with Crippen LogP contribution in [0.5, 0.6) is 5.75 Å². The molecule has 0 saturated heterocycles. The zero-order valence-electron chi connectivity index (χ0n) is 12.2. The van der Waals surface area contributed by atoms with Gasteiger partial charge in [-0.15, -0.1) is 0 Å². The molecule has 2 atom stereocenters. The molecule has 1 aromatic carbocycles. The molecule has 1 aromatic rings. The Morgan fingerprint density at radius 3 is 2.30 bits per heavy atom. The third-order valence-corrected chi connectivity index (χ3v) is 4.89. The van der Waals surface area contributed by atoms with Crippen molar-refractivity contribution in [3.8, 4) is 5.75 Å². The summed E-state index contributed by atoms with van der Waals surface area (Å²) in [5, 5.41) is 9.43. The Balaban J connectivity index is 3.10. The molecule has 5 heteroatoms. The molecule has 0 aliphatic carbocycles. The quantitative estimate of drug-likeness (QED) is 0.820. The Bertz CT molecular complexity index is 529. The Kier molecular flexibility index (Phi) is 5.51. The average molecular weight is 296 g/mol. The van der Waals surface area contributed by atoms with Crippen molar-refractivity contribution in [1.82, 2.24) is 0 Å². The number of carboxylic acid groups (broad SMARTS) is 1. The molecular weight excluding hydrogens is 276 g/mol. The number of hydrogen-bond donors (Lipinski definition) is 1. The third-order valence-electron chi connectivity index (χ3n) is 3.03. The van der Waals surface area contributed by atoms with Gasteiger partial charge in [-0.05, 0) is 51.5 Å². The summed E-state index contributed by atoms with van der Waals surface area (Å²) in [5.74, 6) is -0.420.